The second kappa shape index (κ2) is 8.98. The van der Waals surface area contributed by atoms with Crippen molar-refractivity contribution in [3.05, 3.63) is 69.5 Å². The number of fused-ring (bicyclic) bond motifs is 3. The van der Waals surface area contributed by atoms with Crippen LogP contribution in [0.4, 0.5) is 0 Å². The van der Waals surface area contributed by atoms with Crippen LogP contribution in [0, 0.1) is 0 Å². The molecule has 0 N–H and O–H groups in total. The van der Waals surface area contributed by atoms with E-state index >= 15 is 0 Å². The van der Waals surface area contributed by atoms with E-state index in [1.807, 2.05) is 59.9 Å². The van der Waals surface area contributed by atoms with E-state index < -0.39 is 0 Å². The number of rotatable bonds is 8. The van der Waals surface area contributed by atoms with Crippen molar-refractivity contribution < 1.29 is 4.74 Å². The van der Waals surface area contributed by atoms with Crippen molar-refractivity contribution in [3.8, 4) is 0 Å². The smallest absolute Gasteiger partial charge is 0.262 e. The Bertz CT molecular complexity index is 1190. The van der Waals surface area contributed by atoms with Gasteiger partial charge in [0.15, 0.2) is 5.16 Å². The monoisotopic (exact) mass is 428 g/mol. The van der Waals surface area contributed by atoms with Gasteiger partial charge in [0.1, 0.15) is 0 Å². The molecule has 0 atom stereocenters. The minimum absolute atomic E-state index is 0.0498. The number of para-hydroxylation sites is 1. The SMILES string of the molecule is CCOCCCn1c(=O)c2ccccc2n2c(SCc3ccc(Cl)cc3)nnc12. The van der Waals surface area contributed by atoms with Gasteiger partial charge in [0, 0.05) is 30.5 Å². The third-order valence-corrected chi connectivity index (χ3v) is 5.89. The van der Waals surface area contributed by atoms with Gasteiger partial charge in [-0.3, -0.25) is 13.8 Å². The molecule has 0 amide bonds. The molecule has 0 aliphatic rings. The molecular formula is C21H21ClN4O2S. The van der Waals surface area contributed by atoms with Crippen molar-refractivity contribution >= 4 is 40.0 Å². The number of halogens is 1. The standard InChI is InChI=1S/C21H21ClN4O2S/c1-2-28-13-5-12-25-19(27)17-6-3-4-7-18(17)26-20(25)23-24-21(26)29-14-15-8-10-16(22)11-9-15/h3-4,6-11H,2,5,12-14H2,1H3. The zero-order valence-electron chi connectivity index (χ0n) is 16.0. The maximum absolute atomic E-state index is 13.0. The van der Waals surface area contributed by atoms with Gasteiger partial charge in [-0.15, -0.1) is 10.2 Å². The lowest BCUT2D eigenvalue weighted by Crippen LogP contribution is -2.24. The van der Waals surface area contributed by atoms with Crippen molar-refractivity contribution in [2.45, 2.75) is 30.8 Å². The summed E-state index contributed by atoms with van der Waals surface area (Å²) in [5.74, 6) is 1.29. The number of benzene rings is 2. The summed E-state index contributed by atoms with van der Waals surface area (Å²) in [5, 5.41) is 10.9. The van der Waals surface area contributed by atoms with Crippen molar-refractivity contribution in [1.29, 1.82) is 0 Å². The first-order valence-corrected chi connectivity index (χ1v) is 10.9. The van der Waals surface area contributed by atoms with Gasteiger partial charge in [0.05, 0.1) is 10.9 Å². The van der Waals surface area contributed by atoms with Crippen LogP contribution in [0.25, 0.3) is 16.7 Å². The summed E-state index contributed by atoms with van der Waals surface area (Å²) in [6.07, 6.45) is 0.738. The lowest BCUT2D eigenvalue weighted by Gasteiger charge is -2.11. The molecule has 29 heavy (non-hydrogen) atoms. The van der Waals surface area contributed by atoms with E-state index in [2.05, 4.69) is 10.2 Å². The third-order valence-electron chi connectivity index (χ3n) is 4.63. The Hall–Kier alpha value is -2.35. The molecule has 2 aromatic heterocycles. The fourth-order valence-corrected chi connectivity index (χ4v) is 4.25. The van der Waals surface area contributed by atoms with E-state index in [1.54, 1.807) is 16.3 Å². The van der Waals surface area contributed by atoms with Crippen LogP contribution in [0.3, 0.4) is 0 Å². The topological polar surface area (TPSA) is 61.4 Å². The Kier molecular flexibility index (Phi) is 6.18. The zero-order chi connectivity index (χ0) is 20.2. The Balaban J connectivity index is 1.73. The van der Waals surface area contributed by atoms with E-state index in [0.717, 1.165) is 28.4 Å². The van der Waals surface area contributed by atoms with E-state index in [-0.39, 0.29) is 5.56 Å². The fraction of sp³-hybridized carbons (Fsp3) is 0.286. The number of ether oxygens (including phenoxy) is 1. The number of thioether (sulfide) groups is 1. The minimum Gasteiger partial charge on any atom is -0.382 e. The molecule has 0 bridgehead atoms. The first kappa shape index (κ1) is 19.9. The number of nitrogens with zero attached hydrogens (tertiary/aromatic N) is 4. The van der Waals surface area contributed by atoms with Crippen LogP contribution in [-0.4, -0.2) is 32.4 Å². The fourth-order valence-electron chi connectivity index (χ4n) is 3.23. The molecule has 150 valence electrons. The van der Waals surface area contributed by atoms with Crippen LogP contribution in [0.15, 0.2) is 58.5 Å². The molecular weight excluding hydrogens is 408 g/mol. The van der Waals surface area contributed by atoms with Gasteiger partial charge in [0.25, 0.3) is 5.56 Å². The van der Waals surface area contributed by atoms with Crippen molar-refractivity contribution in [3.63, 3.8) is 0 Å². The van der Waals surface area contributed by atoms with Gasteiger partial charge in [-0.05, 0) is 43.2 Å². The summed E-state index contributed by atoms with van der Waals surface area (Å²) in [6.45, 7) is 3.77. The molecule has 0 fully saturated rings. The number of aromatic nitrogens is 4. The molecule has 4 aromatic rings. The number of aryl methyl sites for hydroxylation is 1. The van der Waals surface area contributed by atoms with Gasteiger partial charge in [0.2, 0.25) is 5.78 Å². The highest BCUT2D eigenvalue weighted by atomic mass is 35.5. The summed E-state index contributed by atoms with van der Waals surface area (Å²) in [7, 11) is 0. The van der Waals surface area contributed by atoms with Crippen LogP contribution in [0.5, 0.6) is 0 Å². The zero-order valence-corrected chi connectivity index (χ0v) is 17.6. The van der Waals surface area contributed by atoms with Crippen molar-refractivity contribution in [1.82, 2.24) is 19.2 Å². The summed E-state index contributed by atoms with van der Waals surface area (Å²) >= 11 is 7.56. The normalized spacial score (nSPS) is 11.5. The number of hydrogen-bond donors (Lipinski definition) is 0. The van der Waals surface area contributed by atoms with Gasteiger partial charge >= 0.3 is 0 Å². The van der Waals surface area contributed by atoms with Crippen molar-refractivity contribution in [2.75, 3.05) is 13.2 Å². The quantitative estimate of drug-likeness (QED) is 0.307. The molecule has 0 aliphatic carbocycles. The average molecular weight is 429 g/mol. The van der Waals surface area contributed by atoms with Crippen LogP contribution in [0.2, 0.25) is 5.02 Å². The lowest BCUT2D eigenvalue weighted by atomic mass is 10.2. The molecule has 4 rings (SSSR count). The molecule has 0 spiro atoms. The third kappa shape index (κ3) is 4.17. The average Bonchev–Trinajstić information content (AvgIpc) is 3.17. The Morgan fingerprint density at radius 1 is 1.10 bits per heavy atom. The van der Waals surface area contributed by atoms with E-state index in [9.17, 15) is 4.79 Å². The maximum atomic E-state index is 13.0. The van der Waals surface area contributed by atoms with Gasteiger partial charge in [-0.1, -0.05) is 47.6 Å². The predicted octanol–water partition coefficient (Wildman–Crippen LogP) is 4.42. The molecule has 0 saturated carbocycles. The Morgan fingerprint density at radius 2 is 1.90 bits per heavy atom. The lowest BCUT2D eigenvalue weighted by molar-refractivity contribution is 0.141. The summed E-state index contributed by atoms with van der Waals surface area (Å²) in [6, 6.07) is 15.4. The number of hydrogen-bond acceptors (Lipinski definition) is 5. The first-order chi connectivity index (χ1) is 14.2. The summed E-state index contributed by atoms with van der Waals surface area (Å²) in [4.78, 5) is 13.0. The highest BCUT2D eigenvalue weighted by molar-refractivity contribution is 7.98. The molecule has 2 heterocycles. The highest BCUT2D eigenvalue weighted by Crippen LogP contribution is 2.25. The molecule has 8 heteroatoms. The van der Waals surface area contributed by atoms with Gasteiger partial charge in [-0.2, -0.15) is 0 Å². The van der Waals surface area contributed by atoms with E-state index in [4.69, 9.17) is 16.3 Å². The molecule has 0 aliphatic heterocycles. The highest BCUT2D eigenvalue weighted by Gasteiger charge is 2.16. The molecule has 0 unspecified atom stereocenters. The predicted molar refractivity (Wildman–Crippen MR) is 117 cm³/mol. The first-order valence-electron chi connectivity index (χ1n) is 9.50. The molecule has 0 saturated heterocycles. The maximum Gasteiger partial charge on any atom is 0.262 e. The Labute approximate surface area is 177 Å². The molecule has 0 radical (unpaired) electrons. The second-order valence-electron chi connectivity index (χ2n) is 6.56. The van der Waals surface area contributed by atoms with Crippen molar-refractivity contribution in [2.24, 2.45) is 0 Å². The molecule has 6 nitrogen and oxygen atoms in total. The van der Waals surface area contributed by atoms with Crippen LogP contribution in [-0.2, 0) is 17.0 Å². The largest absolute Gasteiger partial charge is 0.382 e. The van der Waals surface area contributed by atoms with Crippen LogP contribution >= 0.6 is 23.4 Å². The van der Waals surface area contributed by atoms with E-state index in [0.29, 0.717) is 35.9 Å². The second-order valence-corrected chi connectivity index (χ2v) is 7.94. The van der Waals surface area contributed by atoms with Gasteiger partial charge in [-0.25, -0.2) is 0 Å². The van der Waals surface area contributed by atoms with Crippen LogP contribution in [0.1, 0.15) is 18.9 Å². The summed E-state index contributed by atoms with van der Waals surface area (Å²) in [5.41, 5.74) is 1.91. The van der Waals surface area contributed by atoms with Gasteiger partial charge < -0.3 is 4.74 Å². The molecule has 2 aromatic carbocycles. The Morgan fingerprint density at radius 3 is 2.69 bits per heavy atom. The van der Waals surface area contributed by atoms with Crippen LogP contribution < -0.4 is 5.56 Å². The van der Waals surface area contributed by atoms with E-state index in [1.165, 1.54) is 0 Å². The summed E-state index contributed by atoms with van der Waals surface area (Å²) < 4.78 is 9.09. The minimum atomic E-state index is -0.0498.